The maximum Gasteiger partial charge on any atom is 0.223 e. The average molecular weight is 272 g/mol. The van der Waals surface area contributed by atoms with Crippen LogP contribution in [-0.2, 0) is 5.88 Å². The number of halogens is 3. The van der Waals surface area contributed by atoms with Gasteiger partial charge >= 0.3 is 0 Å². The molecule has 88 valence electrons. The van der Waals surface area contributed by atoms with Crippen molar-refractivity contribution in [3.05, 3.63) is 52.9 Å². The van der Waals surface area contributed by atoms with Crippen LogP contribution in [-0.4, -0.2) is 4.98 Å². The molecule has 0 unspecified atom stereocenters. The molecule has 0 bridgehead atoms. The number of ether oxygens (including phenoxy) is 1. The molecular weight excluding hydrogens is 264 g/mol. The first-order valence-electron chi connectivity index (χ1n) is 4.83. The van der Waals surface area contributed by atoms with Gasteiger partial charge in [-0.1, -0.05) is 17.7 Å². The molecule has 0 saturated carbocycles. The highest BCUT2D eigenvalue weighted by atomic mass is 35.5. The molecule has 0 N–H and O–H groups in total. The van der Waals surface area contributed by atoms with Crippen LogP contribution < -0.4 is 4.74 Å². The fraction of sp³-hybridized carbons (Fsp3) is 0.0833. The number of pyridine rings is 1. The molecular formula is C12H8Cl2FNO. The van der Waals surface area contributed by atoms with Crippen molar-refractivity contribution in [1.82, 2.24) is 4.98 Å². The number of alkyl halides is 1. The van der Waals surface area contributed by atoms with Gasteiger partial charge < -0.3 is 4.74 Å². The normalized spacial score (nSPS) is 10.3. The Bertz CT molecular complexity index is 534. The lowest BCUT2D eigenvalue weighted by molar-refractivity contribution is 0.454. The van der Waals surface area contributed by atoms with Gasteiger partial charge in [0.1, 0.15) is 11.6 Å². The van der Waals surface area contributed by atoms with E-state index in [0.717, 1.165) is 5.56 Å². The molecule has 2 aromatic rings. The highest BCUT2D eigenvalue weighted by molar-refractivity contribution is 6.30. The number of hydrogen-bond donors (Lipinski definition) is 0. The Labute approximate surface area is 108 Å². The van der Waals surface area contributed by atoms with Gasteiger partial charge in [-0.05, 0) is 18.2 Å². The van der Waals surface area contributed by atoms with Crippen molar-refractivity contribution in [2.75, 3.05) is 0 Å². The van der Waals surface area contributed by atoms with E-state index in [4.69, 9.17) is 27.9 Å². The summed E-state index contributed by atoms with van der Waals surface area (Å²) in [6.07, 6.45) is 1.58. The summed E-state index contributed by atoms with van der Waals surface area (Å²) in [6.45, 7) is 0. The molecule has 0 aliphatic rings. The first-order chi connectivity index (χ1) is 8.20. The minimum Gasteiger partial charge on any atom is -0.439 e. The zero-order valence-corrected chi connectivity index (χ0v) is 10.2. The van der Waals surface area contributed by atoms with E-state index < -0.39 is 5.82 Å². The summed E-state index contributed by atoms with van der Waals surface area (Å²) in [6, 6.07) is 7.75. The molecule has 0 aliphatic carbocycles. The van der Waals surface area contributed by atoms with E-state index in [1.807, 2.05) is 0 Å². The lowest BCUT2D eigenvalue weighted by Gasteiger charge is -2.08. The van der Waals surface area contributed by atoms with Crippen molar-refractivity contribution < 1.29 is 9.13 Å². The van der Waals surface area contributed by atoms with E-state index in [1.165, 1.54) is 12.1 Å². The summed E-state index contributed by atoms with van der Waals surface area (Å²) >= 11 is 11.3. The third kappa shape index (κ3) is 2.87. The van der Waals surface area contributed by atoms with Gasteiger partial charge in [-0.2, -0.15) is 0 Å². The van der Waals surface area contributed by atoms with Gasteiger partial charge in [-0.15, -0.1) is 11.6 Å². The minimum atomic E-state index is -0.535. The van der Waals surface area contributed by atoms with Crippen molar-refractivity contribution in [2.45, 2.75) is 5.88 Å². The summed E-state index contributed by atoms with van der Waals surface area (Å²) in [4.78, 5) is 4.03. The molecule has 1 aromatic carbocycles. The molecule has 0 atom stereocenters. The van der Waals surface area contributed by atoms with Gasteiger partial charge in [0, 0.05) is 17.8 Å². The van der Waals surface area contributed by atoms with Crippen LogP contribution in [0, 0.1) is 5.82 Å². The van der Waals surface area contributed by atoms with Gasteiger partial charge in [0.2, 0.25) is 5.88 Å². The predicted molar refractivity (Wildman–Crippen MR) is 65.3 cm³/mol. The Kier molecular flexibility index (Phi) is 3.82. The maximum atomic E-state index is 13.2. The number of benzene rings is 1. The van der Waals surface area contributed by atoms with Crippen LogP contribution in [0.2, 0.25) is 5.02 Å². The first-order valence-corrected chi connectivity index (χ1v) is 5.74. The summed E-state index contributed by atoms with van der Waals surface area (Å²) in [5, 5.41) is 0.0518. The van der Waals surface area contributed by atoms with Crippen LogP contribution in [0.4, 0.5) is 4.39 Å². The predicted octanol–water partition coefficient (Wildman–Crippen LogP) is 4.41. The van der Waals surface area contributed by atoms with Gasteiger partial charge in [0.15, 0.2) is 0 Å². The lowest BCUT2D eigenvalue weighted by atomic mass is 10.3. The fourth-order valence-electron chi connectivity index (χ4n) is 1.27. The van der Waals surface area contributed by atoms with E-state index in [1.54, 1.807) is 24.4 Å². The fourth-order valence-corrected chi connectivity index (χ4v) is 1.59. The molecule has 2 nitrogen and oxygen atoms in total. The maximum absolute atomic E-state index is 13.2. The second kappa shape index (κ2) is 5.34. The number of rotatable bonds is 3. The Morgan fingerprint density at radius 1 is 1.29 bits per heavy atom. The van der Waals surface area contributed by atoms with Crippen LogP contribution in [0.25, 0.3) is 0 Å². The molecule has 0 spiro atoms. The minimum absolute atomic E-state index is 0.0518. The van der Waals surface area contributed by atoms with Crippen LogP contribution >= 0.6 is 23.2 Å². The molecule has 1 heterocycles. The van der Waals surface area contributed by atoms with Gasteiger partial charge in [-0.3, -0.25) is 0 Å². The van der Waals surface area contributed by atoms with Crippen molar-refractivity contribution in [2.24, 2.45) is 0 Å². The molecule has 0 saturated heterocycles. The summed E-state index contributed by atoms with van der Waals surface area (Å²) in [7, 11) is 0. The van der Waals surface area contributed by atoms with Crippen LogP contribution in [0.15, 0.2) is 36.5 Å². The van der Waals surface area contributed by atoms with Gasteiger partial charge in [0.05, 0.1) is 10.9 Å². The summed E-state index contributed by atoms with van der Waals surface area (Å²) in [5.41, 5.74) is 0.740. The second-order valence-electron chi connectivity index (χ2n) is 3.28. The van der Waals surface area contributed by atoms with E-state index in [2.05, 4.69) is 4.98 Å². The van der Waals surface area contributed by atoms with E-state index >= 15 is 0 Å². The Morgan fingerprint density at radius 2 is 2.12 bits per heavy atom. The topological polar surface area (TPSA) is 22.1 Å². The summed E-state index contributed by atoms with van der Waals surface area (Å²) in [5.74, 6) is 0.438. The van der Waals surface area contributed by atoms with Crippen LogP contribution in [0.3, 0.4) is 0 Å². The molecule has 2 rings (SSSR count). The highest BCUT2D eigenvalue weighted by Gasteiger charge is 2.07. The molecule has 17 heavy (non-hydrogen) atoms. The van der Waals surface area contributed by atoms with Gasteiger partial charge in [-0.25, -0.2) is 9.37 Å². The molecule has 5 heteroatoms. The number of hydrogen-bond acceptors (Lipinski definition) is 2. The number of aromatic nitrogens is 1. The standard InChI is InChI=1S/C12H8Cl2FNO/c13-7-8-2-1-5-16-12(8)17-9-3-4-10(14)11(15)6-9/h1-6H,7H2. The first kappa shape index (κ1) is 12.1. The molecule has 0 aliphatic heterocycles. The molecule has 0 amide bonds. The van der Waals surface area contributed by atoms with E-state index in [9.17, 15) is 4.39 Å². The smallest absolute Gasteiger partial charge is 0.223 e. The third-order valence-corrected chi connectivity index (χ3v) is 2.69. The third-order valence-electron chi connectivity index (χ3n) is 2.10. The molecule has 1 aromatic heterocycles. The quantitative estimate of drug-likeness (QED) is 0.772. The highest BCUT2D eigenvalue weighted by Crippen LogP contribution is 2.26. The van der Waals surface area contributed by atoms with E-state index in [-0.39, 0.29) is 10.9 Å². The van der Waals surface area contributed by atoms with Crippen molar-refractivity contribution in [3.63, 3.8) is 0 Å². The zero-order chi connectivity index (χ0) is 12.3. The SMILES string of the molecule is Fc1cc(Oc2ncccc2CCl)ccc1Cl. The Balaban J connectivity index is 2.28. The van der Waals surface area contributed by atoms with E-state index in [0.29, 0.717) is 11.6 Å². The average Bonchev–Trinajstić information content (AvgIpc) is 2.34. The molecule has 0 radical (unpaired) electrons. The van der Waals surface area contributed by atoms with Gasteiger partial charge in [0.25, 0.3) is 0 Å². The van der Waals surface area contributed by atoms with Crippen LogP contribution in [0.1, 0.15) is 5.56 Å². The van der Waals surface area contributed by atoms with Crippen molar-refractivity contribution in [3.8, 4) is 11.6 Å². The van der Waals surface area contributed by atoms with Crippen LogP contribution in [0.5, 0.6) is 11.6 Å². The van der Waals surface area contributed by atoms with Crippen molar-refractivity contribution >= 4 is 23.2 Å². The zero-order valence-electron chi connectivity index (χ0n) is 8.66. The Hall–Kier alpha value is -1.32. The summed E-state index contributed by atoms with van der Waals surface area (Å²) < 4.78 is 18.6. The second-order valence-corrected chi connectivity index (χ2v) is 3.95. The van der Waals surface area contributed by atoms with Crippen molar-refractivity contribution in [1.29, 1.82) is 0 Å². The Morgan fingerprint density at radius 3 is 2.82 bits per heavy atom. The monoisotopic (exact) mass is 271 g/mol. The largest absolute Gasteiger partial charge is 0.439 e. The number of nitrogens with zero attached hydrogens (tertiary/aromatic N) is 1. The lowest BCUT2D eigenvalue weighted by Crippen LogP contribution is -1.93. The molecule has 0 fully saturated rings.